The average molecular weight is 209 g/mol. The van der Waals surface area contributed by atoms with E-state index in [1.807, 2.05) is 0 Å². The normalized spacial score (nSPS) is 7.70. The molecule has 0 fully saturated rings. The monoisotopic (exact) mass is 209 g/mol. The van der Waals surface area contributed by atoms with E-state index < -0.39 is 0 Å². The van der Waals surface area contributed by atoms with Crippen LogP contribution in [0.1, 0.15) is 0 Å². The molecule has 0 aliphatic rings. The second-order valence-electron chi connectivity index (χ2n) is 1.46. The van der Waals surface area contributed by atoms with E-state index in [9.17, 15) is 0 Å². The van der Waals surface area contributed by atoms with Gasteiger partial charge >= 0.3 is 7.69 Å². The van der Waals surface area contributed by atoms with Gasteiger partial charge in [0.25, 0.3) is 0 Å². The fraction of sp³-hybridized carbons (Fsp3) is 0. The molecule has 1 aromatic carbocycles. The molecule has 0 aromatic heterocycles. The zero-order chi connectivity index (χ0) is 6.53. The smallest absolute Gasteiger partial charge is 0.558 e. The van der Waals surface area contributed by atoms with Crippen LogP contribution in [0, 0.1) is 6.07 Å². The summed E-state index contributed by atoms with van der Waals surface area (Å²) in [6.45, 7) is 0. The molecule has 4 heteroatoms. The maximum Gasteiger partial charge on any atom is 0.567 e. The summed E-state index contributed by atoms with van der Waals surface area (Å²) in [7, 11) is 0.648. The van der Waals surface area contributed by atoms with E-state index in [4.69, 9.17) is 5.02 Å². The van der Waals surface area contributed by atoms with Crippen molar-refractivity contribution < 1.29 is 42.4 Å². The van der Waals surface area contributed by atoms with Crippen LogP contribution >= 0.6 is 0 Å². The van der Waals surface area contributed by atoms with Gasteiger partial charge in [-0.1, -0.05) is 0 Å². The third-order valence-corrected chi connectivity index (χ3v) is 0.876. The third-order valence-electron chi connectivity index (χ3n) is 0.876. The van der Waals surface area contributed by atoms with Crippen molar-refractivity contribution in [1.29, 1.82) is 0 Å². The van der Waals surface area contributed by atoms with Gasteiger partial charge in [0.05, 0.1) is 0 Å². The Hall–Kier alpha value is 0.149. The van der Waals surface area contributed by atoms with Gasteiger partial charge in [0.15, 0.2) is 0 Å². The molecule has 0 amide bonds. The van der Waals surface area contributed by atoms with Crippen LogP contribution in [0.2, 0.25) is 0 Å². The van der Waals surface area contributed by atoms with Crippen LogP contribution in [0.15, 0.2) is 24.3 Å². The van der Waals surface area contributed by atoms with Crippen molar-refractivity contribution in [2.24, 2.45) is 0 Å². The fourth-order valence-corrected chi connectivity index (χ4v) is 0.511. The molecule has 0 aliphatic heterocycles. The van der Waals surface area contributed by atoms with Crippen molar-refractivity contribution in [3.8, 4) is 5.75 Å². The zero-order valence-corrected chi connectivity index (χ0v) is 8.16. The van der Waals surface area contributed by atoms with Crippen molar-refractivity contribution in [2.45, 2.75) is 0 Å². The van der Waals surface area contributed by atoms with Gasteiger partial charge in [0.1, 0.15) is 0 Å². The average Bonchev–Trinajstić information content (AvgIpc) is 1.91. The largest absolute Gasteiger partial charge is 0.567 e. The molecule has 0 unspecified atom stereocenters. The molecule has 0 aliphatic carbocycles. The van der Waals surface area contributed by atoms with Gasteiger partial charge < -0.3 is 9.68 Å². The van der Waals surface area contributed by atoms with Gasteiger partial charge in [0.2, 0.25) is 0 Å². The molecule has 1 rings (SSSR count). The Balaban J connectivity index is 0.000000810. The Morgan fingerprint density at radius 2 is 2.00 bits per heavy atom. The van der Waals surface area contributed by atoms with Crippen LogP contribution in [0.25, 0.3) is 0 Å². The predicted octanol–water partition coefficient (Wildman–Crippen LogP) is 0.390. The van der Waals surface area contributed by atoms with Gasteiger partial charge in [-0.2, -0.15) is 18.2 Å². The van der Waals surface area contributed by atoms with Gasteiger partial charge in [-0.15, -0.1) is 12.1 Å². The van der Waals surface area contributed by atoms with Crippen molar-refractivity contribution in [2.75, 3.05) is 0 Å². The molecule has 48 valence electrons. The van der Waals surface area contributed by atoms with E-state index >= 15 is 0 Å². The SMILES string of the molecule is O[B]Oc1cc[c-]cc1.[Y]. The minimum atomic E-state index is 0. The van der Waals surface area contributed by atoms with Crippen LogP contribution in [-0.2, 0) is 32.7 Å². The second-order valence-corrected chi connectivity index (χ2v) is 1.46. The van der Waals surface area contributed by atoms with E-state index in [0.29, 0.717) is 13.4 Å². The van der Waals surface area contributed by atoms with E-state index in [0.717, 1.165) is 0 Å². The summed E-state index contributed by atoms with van der Waals surface area (Å²) in [5.41, 5.74) is 0. The predicted molar refractivity (Wildman–Crippen MR) is 33.9 cm³/mol. The first-order chi connectivity index (χ1) is 4.43. The quantitative estimate of drug-likeness (QED) is 0.563. The Morgan fingerprint density at radius 1 is 1.40 bits per heavy atom. The second kappa shape index (κ2) is 5.90. The van der Waals surface area contributed by atoms with E-state index in [2.05, 4.69) is 10.7 Å². The van der Waals surface area contributed by atoms with Crippen LogP contribution in [0.4, 0.5) is 0 Å². The Bertz CT molecular complexity index is 169. The molecule has 0 saturated heterocycles. The van der Waals surface area contributed by atoms with Gasteiger partial charge in [-0.05, 0) is 5.75 Å². The van der Waals surface area contributed by atoms with Crippen LogP contribution in [-0.4, -0.2) is 12.7 Å². The summed E-state index contributed by atoms with van der Waals surface area (Å²) in [6.07, 6.45) is 0. The summed E-state index contributed by atoms with van der Waals surface area (Å²) in [5.74, 6) is 0.608. The third kappa shape index (κ3) is 3.35. The Morgan fingerprint density at radius 3 is 2.50 bits per heavy atom. The molecule has 0 bridgehead atoms. The number of benzene rings is 1. The first-order valence-electron chi connectivity index (χ1n) is 2.52. The standard InChI is InChI=1S/C6H5BO2.Y/c8-7-9-6-4-2-1-3-5-6;/h2-5,8H;/q-1;. The maximum atomic E-state index is 8.16. The maximum absolute atomic E-state index is 8.16. The molecule has 0 spiro atoms. The van der Waals surface area contributed by atoms with Gasteiger partial charge in [-0.3, -0.25) is 0 Å². The van der Waals surface area contributed by atoms with E-state index in [-0.39, 0.29) is 32.7 Å². The molecule has 2 nitrogen and oxygen atoms in total. The molecule has 1 aromatic rings. The topological polar surface area (TPSA) is 29.5 Å². The molecular weight excluding hydrogens is 204 g/mol. The minimum Gasteiger partial charge on any atom is -0.558 e. The van der Waals surface area contributed by atoms with Gasteiger partial charge in [0, 0.05) is 32.7 Å². The van der Waals surface area contributed by atoms with Crippen LogP contribution in [0.3, 0.4) is 0 Å². The number of hydrogen-bond donors (Lipinski definition) is 1. The van der Waals surface area contributed by atoms with Crippen molar-refractivity contribution in [3.63, 3.8) is 0 Å². The molecule has 0 heterocycles. The van der Waals surface area contributed by atoms with E-state index in [1.54, 1.807) is 24.3 Å². The first kappa shape index (κ1) is 10.1. The molecular formula is C6H5BO2Y-. The summed E-state index contributed by atoms with van der Waals surface area (Å²) in [4.78, 5) is 0. The van der Waals surface area contributed by atoms with E-state index in [1.165, 1.54) is 0 Å². The summed E-state index contributed by atoms with van der Waals surface area (Å²) < 4.78 is 4.62. The van der Waals surface area contributed by atoms with Crippen molar-refractivity contribution >= 4 is 7.69 Å². The number of hydrogen-bond acceptors (Lipinski definition) is 2. The summed E-state index contributed by atoms with van der Waals surface area (Å²) in [6, 6.07) is 9.63. The fourth-order valence-electron chi connectivity index (χ4n) is 0.511. The minimum absolute atomic E-state index is 0. The molecule has 1 N–H and O–H groups in total. The summed E-state index contributed by atoms with van der Waals surface area (Å²) in [5, 5.41) is 8.16. The number of rotatable bonds is 2. The van der Waals surface area contributed by atoms with Crippen LogP contribution in [0.5, 0.6) is 5.75 Å². The molecule has 2 radical (unpaired) electrons. The summed E-state index contributed by atoms with van der Waals surface area (Å²) >= 11 is 0. The Labute approximate surface area is 85.8 Å². The molecule has 0 saturated carbocycles. The Kier molecular flexibility index (Phi) is 5.99. The zero-order valence-electron chi connectivity index (χ0n) is 5.32. The molecule has 0 atom stereocenters. The van der Waals surface area contributed by atoms with Crippen LogP contribution < -0.4 is 4.65 Å². The first-order valence-corrected chi connectivity index (χ1v) is 2.52. The van der Waals surface area contributed by atoms with Crippen molar-refractivity contribution in [1.82, 2.24) is 0 Å². The van der Waals surface area contributed by atoms with Gasteiger partial charge in [-0.25, -0.2) is 0 Å². The molecule has 10 heavy (non-hydrogen) atoms. The van der Waals surface area contributed by atoms with Crippen molar-refractivity contribution in [3.05, 3.63) is 30.3 Å².